The first-order valence-electron chi connectivity index (χ1n) is 5.99. The number of nitrogens with zero attached hydrogens (tertiary/aromatic N) is 1. The summed E-state index contributed by atoms with van der Waals surface area (Å²) in [6.07, 6.45) is 8.00. The topological polar surface area (TPSA) is 22.1 Å². The predicted octanol–water partition coefficient (Wildman–Crippen LogP) is 4.39. The van der Waals surface area contributed by atoms with Gasteiger partial charge in [-0.25, -0.2) is 4.98 Å². The van der Waals surface area contributed by atoms with Crippen LogP contribution in [0.15, 0.2) is 12.3 Å². The van der Waals surface area contributed by atoms with Gasteiger partial charge in [0.25, 0.3) is 0 Å². The van der Waals surface area contributed by atoms with E-state index in [1.165, 1.54) is 25.7 Å². The average molecular weight is 242 g/mol. The summed E-state index contributed by atoms with van der Waals surface area (Å²) < 4.78 is 5.67. The Morgan fingerprint density at radius 1 is 1.25 bits per heavy atom. The first-order chi connectivity index (χ1) is 7.74. The van der Waals surface area contributed by atoms with E-state index in [4.69, 9.17) is 16.3 Å². The maximum Gasteiger partial charge on any atom is 0.132 e. The van der Waals surface area contributed by atoms with E-state index in [2.05, 4.69) is 11.9 Å². The van der Waals surface area contributed by atoms with Gasteiger partial charge in [0.1, 0.15) is 10.9 Å². The van der Waals surface area contributed by atoms with Crippen LogP contribution in [0.2, 0.25) is 5.15 Å². The van der Waals surface area contributed by atoms with Crippen LogP contribution in [0.4, 0.5) is 0 Å². The smallest absolute Gasteiger partial charge is 0.132 e. The van der Waals surface area contributed by atoms with Crippen LogP contribution in [-0.2, 0) is 0 Å². The molecular formula is C13H20ClNO. The summed E-state index contributed by atoms with van der Waals surface area (Å²) >= 11 is 5.81. The fourth-order valence-corrected chi connectivity index (χ4v) is 1.67. The Bertz CT molecular complexity index is 315. The number of hydrogen-bond donors (Lipinski definition) is 0. The first-order valence-corrected chi connectivity index (χ1v) is 6.36. The van der Waals surface area contributed by atoms with Crippen LogP contribution in [0, 0.1) is 6.92 Å². The summed E-state index contributed by atoms with van der Waals surface area (Å²) in [5, 5.41) is 0.492. The van der Waals surface area contributed by atoms with Gasteiger partial charge in [-0.3, -0.25) is 0 Å². The van der Waals surface area contributed by atoms with Gasteiger partial charge in [0.05, 0.1) is 6.61 Å². The van der Waals surface area contributed by atoms with Crippen molar-refractivity contribution in [3.63, 3.8) is 0 Å². The lowest BCUT2D eigenvalue weighted by molar-refractivity contribution is 0.302. The Balaban J connectivity index is 2.23. The van der Waals surface area contributed by atoms with Crippen LogP contribution in [0.5, 0.6) is 5.75 Å². The number of unbranched alkanes of at least 4 members (excludes halogenated alkanes) is 4. The van der Waals surface area contributed by atoms with Gasteiger partial charge in [0.2, 0.25) is 0 Å². The van der Waals surface area contributed by atoms with Crippen molar-refractivity contribution in [1.82, 2.24) is 4.98 Å². The summed E-state index contributed by atoms with van der Waals surface area (Å²) in [6, 6.07) is 1.78. The number of pyridine rings is 1. The predicted molar refractivity (Wildman–Crippen MR) is 68.2 cm³/mol. The van der Waals surface area contributed by atoms with E-state index >= 15 is 0 Å². The zero-order chi connectivity index (χ0) is 11.8. The van der Waals surface area contributed by atoms with Crippen molar-refractivity contribution in [1.29, 1.82) is 0 Å². The highest BCUT2D eigenvalue weighted by molar-refractivity contribution is 6.29. The molecule has 0 radical (unpaired) electrons. The van der Waals surface area contributed by atoms with E-state index in [0.29, 0.717) is 5.15 Å². The Labute approximate surface area is 103 Å². The van der Waals surface area contributed by atoms with Crippen molar-refractivity contribution >= 4 is 11.6 Å². The largest absolute Gasteiger partial charge is 0.493 e. The zero-order valence-electron chi connectivity index (χ0n) is 10.1. The van der Waals surface area contributed by atoms with E-state index in [9.17, 15) is 0 Å². The monoisotopic (exact) mass is 241 g/mol. The van der Waals surface area contributed by atoms with Gasteiger partial charge in [0.15, 0.2) is 0 Å². The van der Waals surface area contributed by atoms with E-state index in [0.717, 1.165) is 24.3 Å². The third kappa shape index (κ3) is 4.84. The molecular weight excluding hydrogens is 222 g/mol. The van der Waals surface area contributed by atoms with Crippen LogP contribution in [-0.4, -0.2) is 11.6 Å². The Morgan fingerprint density at radius 3 is 2.75 bits per heavy atom. The standard InChI is InChI=1S/C13H20ClNO/c1-3-4-5-6-7-8-16-12-9-13(14)15-10-11(12)2/h9-10H,3-8H2,1-2H3. The molecule has 16 heavy (non-hydrogen) atoms. The van der Waals surface area contributed by atoms with Gasteiger partial charge in [-0.2, -0.15) is 0 Å². The number of rotatable bonds is 7. The van der Waals surface area contributed by atoms with Crippen molar-refractivity contribution < 1.29 is 4.74 Å². The summed E-state index contributed by atoms with van der Waals surface area (Å²) in [5.41, 5.74) is 1.04. The third-order valence-electron chi connectivity index (χ3n) is 2.53. The van der Waals surface area contributed by atoms with Gasteiger partial charge < -0.3 is 4.74 Å². The molecule has 0 aliphatic heterocycles. The number of aromatic nitrogens is 1. The molecule has 0 aliphatic carbocycles. The van der Waals surface area contributed by atoms with Gasteiger partial charge in [-0.05, 0) is 13.3 Å². The number of aryl methyl sites for hydroxylation is 1. The molecule has 1 aromatic heterocycles. The van der Waals surface area contributed by atoms with E-state index < -0.39 is 0 Å². The summed E-state index contributed by atoms with van der Waals surface area (Å²) in [7, 11) is 0. The molecule has 0 fully saturated rings. The zero-order valence-corrected chi connectivity index (χ0v) is 10.9. The molecule has 0 saturated carbocycles. The lowest BCUT2D eigenvalue weighted by Gasteiger charge is -2.08. The van der Waals surface area contributed by atoms with Gasteiger partial charge >= 0.3 is 0 Å². The van der Waals surface area contributed by atoms with E-state index in [1.807, 2.05) is 6.92 Å². The van der Waals surface area contributed by atoms with Crippen molar-refractivity contribution in [3.05, 3.63) is 23.0 Å². The molecule has 0 aromatic carbocycles. The fraction of sp³-hybridized carbons (Fsp3) is 0.615. The molecule has 3 heteroatoms. The van der Waals surface area contributed by atoms with Crippen LogP contribution < -0.4 is 4.74 Å². The van der Waals surface area contributed by atoms with Gasteiger partial charge in [-0.1, -0.05) is 44.2 Å². The minimum atomic E-state index is 0.492. The van der Waals surface area contributed by atoms with Crippen molar-refractivity contribution in [3.8, 4) is 5.75 Å². The van der Waals surface area contributed by atoms with E-state index in [1.54, 1.807) is 12.3 Å². The summed E-state index contributed by atoms with van der Waals surface area (Å²) in [6.45, 7) is 4.97. The second-order valence-corrected chi connectivity index (χ2v) is 4.42. The molecule has 90 valence electrons. The maximum atomic E-state index is 5.81. The van der Waals surface area contributed by atoms with E-state index in [-0.39, 0.29) is 0 Å². The molecule has 0 spiro atoms. The molecule has 1 aromatic rings. The molecule has 0 bridgehead atoms. The number of ether oxygens (including phenoxy) is 1. The van der Waals surface area contributed by atoms with Crippen LogP contribution >= 0.6 is 11.6 Å². The quantitative estimate of drug-likeness (QED) is 0.522. The van der Waals surface area contributed by atoms with Crippen LogP contribution in [0.3, 0.4) is 0 Å². The molecule has 0 saturated heterocycles. The molecule has 0 N–H and O–H groups in total. The minimum Gasteiger partial charge on any atom is -0.493 e. The molecule has 2 nitrogen and oxygen atoms in total. The third-order valence-corrected chi connectivity index (χ3v) is 2.73. The summed E-state index contributed by atoms with van der Waals surface area (Å²) in [5.74, 6) is 0.857. The van der Waals surface area contributed by atoms with Gasteiger partial charge in [-0.15, -0.1) is 0 Å². The second kappa shape index (κ2) is 7.50. The SMILES string of the molecule is CCCCCCCOc1cc(Cl)ncc1C. The Morgan fingerprint density at radius 2 is 2.00 bits per heavy atom. The van der Waals surface area contributed by atoms with Crippen molar-refractivity contribution in [2.45, 2.75) is 46.0 Å². The normalized spacial score (nSPS) is 10.4. The maximum absolute atomic E-state index is 5.81. The van der Waals surface area contributed by atoms with Crippen LogP contribution in [0.1, 0.15) is 44.6 Å². The lowest BCUT2D eigenvalue weighted by atomic mass is 10.2. The highest BCUT2D eigenvalue weighted by Crippen LogP contribution is 2.20. The Kier molecular flexibility index (Phi) is 6.24. The van der Waals surface area contributed by atoms with Crippen molar-refractivity contribution in [2.75, 3.05) is 6.61 Å². The Hall–Kier alpha value is -0.760. The molecule has 0 atom stereocenters. The molecule has 0 unspecified atom stereocenters. The molecule has 1 heterocycles. The second-order valence-electron chi connectivity index (χ2n) is 4.04. The highest BCUT2D eigenvalue weighted by Gasteiger charge is 2.01. The lowest BCUT2D eigenvalue weighted by Crippen LogP contribution is -1.99. The van der Waals surface area contributed by atoms with Gasteiger partial charge in [0, 0.05) is 17.8 Å². The van der Waals surface area contributed by atoms with Crippen LogP contribution in [0.25, 0.3) is 0 Å². The summed E-state index contributed by atoms with van der Waals surface area (Å²) in [4.78, 5) is 3.99. The fourth-order valence-electron chi connectivity index (χ4n) is 1.52. The minimum absolute atomic E-state index is 0.492. The number of hydrogen-bond acceptors (Lipinski definition) is 2. The average Bonchev–Trinajstić information content (AvgIpc) is 2.28. The first kappa shape index (κ1) is 13.3. The molecule has 0 amide bonds. The van der Waals surface area contributed by atoms with Crippen molar-refractivity contribution in [2.24, 2.45) is 0 Å². The highest BCUT2D eigenvalue weighted by atomic mass is 35.5. The molecule has 0 aliphatic rings. The molecule has 1 rings (SSSR count). The number of halogens is 1.